The first-order valence-corrected chi connectivity index (χ1v) is 2.73. The predicted octanol–water partition coefficient (Wildman–Crippen LogP) is -0.556. The van der Waals surface area contributed by atoms with Gasteiger partial charge in [0.25, 0.3) is 5.91 Å². The molecule has 0 aliphatic rings. The molecule has 0 unspecified atom stereocenters. The van der Waals surface area contributed by atoms with Crippen LogP contribution in [0.25, 0.3) is 0 Å². The number of hydrogen-bond donors (Lipinski definition) is 2. The van der Waals surface area contributed by atoms with Crippen molar-refractivity contribution in [3.63, 3.8) is 0 Å². The summed E-state index contributed by atoms with van der Waals surface area (Å²) in [6, 6.07) is 0.988. The van der Waals surface area contributed by atoms with E-state index in [0.717, 1.165) is 12.3 Å². The van der Waals surface area contributed by atoms with Gasteiger partial charge in [0.2, 0.25) is 16.9 Å². The first-order valence-electron chi connectivity index (χ1n) is 2.73. The van der Waals surface area contributed by atoms with Gasteiger partial charge in [0.1, 0.15) is 0 Å². The summed E-state index contributed by atoms with van der Waals surface area (Å²) in [5.74, 6) is -2.24. The topological polar surface area (TPSA) is 93.5 Å². The number of carbonyl (C=O) groups excluding carboxylic acids is 1. The van der Waals surface area contributed by atoms with E-state index in [9.17, 15) is 9.59 Å². The molecule has 0 aromatic carbocycles. The maximum Gasteiger partial charge on any atom is 0.288 e. The molecule has 5 nitrogen and oxygen atoms in total. The van der Waals surface area contributed by atoms with E-state index in [0.29, 0.717) is 0 Å². The smallest absolute Gasteiger partial charge is 0.288 e. The first-order chi connectivity index (χ1) is 5.13. The van der Waals surface area contributed by atoms with Gasteiger partial charge in [0.15, 0.2) is 0 Å². The zero-order valence-electron chi connectivity index (χ0n) is 5.40. The highest BCUT2D eigenvalue weighted by Gasteiger charge is 2.11. The fraction of sp³-hybridized carbons (Fsp3) is 0. The molecule has 1 aromatic rings. The van der Waals surface area contributed by atoms with Crippen LogP contribution in [-0.2, 0) is 0 Å². The van der Waals surface area contributed by atoms with E-state index < -0.39 is 22.8 Å². The van der Waals surface area contributed by atoms with Gasteiger partial charge in [-0.05, 0) is 0 Å². The lowest BCUT2D eigenvalue weighted by Gasteiger charge is -1.94. The lowest BCUT2D eigenvalue weighted by molar-refractivity contribution is 0.0966. The van der Waals surface area contributed by atoms with Crippen molar-refractivity contribution >= 4 is 5.91 Å². The van der Waals surface area contributed by atoms with Crippen molar-refractivity contribution in [1.82, 2.24) is 0 Å². The van der Waals surface area contributed by atoms with Gasteiger partial charge in [-0.2, -0.15) is 0 Å². The molecule has 0 fully saturated rings. The second-order valence-corrected chi connectivity index (χ2v) is 1.83. The molecule has 5 heteroatoms. The molecule has 1 rings (SSSR count). The quantitative estimate of drug-likeness (QED) is 0.568. The minimum absolute atomic E-state index is 0.516. The van der Waals surface area contributed by atoms with Gasteiger partial charge in [-0.25, -0.2) is 0 Å². The molecule has 3 N–H and O–H groups in total. The zero-order valence-corrected chi connectivity index (χ0v) is 5.40. The van der Waals surface area contributed by atoms with Crippen LogP contribution in [0.5, 0.6) is 5.75 Å². The molecule has 0 saturated heterocycles. The van der Waals surface area contributed by atoms with Crippen LogP contribution in [0.1, 0.15) is 10.6 Å². The highest BCUT2D eigenvalue weighted by Crippen LogP contribution is 2.08. The SMILES string of the molecule is NC(=O)c1occc(=O)c1O. The number of hydrogen-bond acceptors (Lipinski definition) is 4. The van der Waals surface area contributed by atoms with Crippen LogP contribution in [0.2, 0.25) is 0 Å². The molecule has 1 amide bonds. The van der Waals surface area contributed by atoms with Crippen molar-refractivity contribution in [2.24, 2.45) is 5.73 Å². The van der Waals surface area contributed by atoms with Crippen molar-refractivity contribution in [2.75, 3.05) is 0 Å². The third-order valence-corrected chi connectivity index (χ3v) is 1.08. The molecule has 11 heavy (non-hydrogen) atoms. The fourth-order valence-electron chi connectivity index (χ4n) is 0.585. The second kappa shape index (κ2) is 2.45. The average Bonchev–Trinajstić information content (AvgIpc) is 1.94. The molecule has 0 aliphatic carbocycles. The maximum absolute atomic E-state index is 10.6. The Morgan fingerprint density at radius 3 is 2.73 bits per heavy atom. The molecular formula is C6H5NO4. The van der Waals surface area contributed by atoms with E-state index in [1.54, 1.807) is 0 Å². The van der Waals surface area contributed by atoms with Gasteiger partial charge in [-0.1, -0.05) is 0 Å². The van der Waals surface area contributed by atoms with Crippen molar-refractivity contribution in [1.29, 1.82) is 0 Å². The normalized spacial score (nSPS) is 9.45. The van der Waals surface area contributed by atoms with Gasteiger partial charge in [-0.15, -0.1) is 0 Å². The van der Waals surface area contributed by atoms with E-state index in [1.807, 2.05) is 0 Å². The van der Waals surface area contributed by atoms with Crippen LogP contribution >= 0.6 is 0 Å². The van der Waals surface area contributed by atoms with Crippen molar-refractivity contribution in [3.05, 3.63) is 28.3 Å². The number of aromatic hydroxyl groups is 1. The summed E-state index contributed by atoms with van der Waals surface area (Å²) in [6.07, 6.45) is 0.988. The van der Waals surface area contributed by atoms with E-state index in [-0.39, 0.29) is 0 Å². The molecule has 0 spiro atoms. The Morgan fingerprint density at radius 1 is 1.64 bits per heavy atom. The molecular weight excluding hydrogens is 150 g/mol. The monoisotopic (exact) mass is 155 g/mol. The number of primary amides is 1. The number of rotatable bonds is 1. The van der Waals surface area contributed by atoms with E-state index in [2.05, 4.69) is 4.42 Å². The third kappa shape index (κ3) is 1.21. The number of amides is 1. The Balaban J connectivity index is 3.39. The Bertz CT molecular complexity index is 341. The van der Waals surface area contributed by atoms with Crippen LogP contribution in [0, 0.1) is 0 Å². The Kier molecular flexibility index (Phi) is 1.63. The summed E-state index contributed by atoms with van der Waals surface area (Å²) in [5.41, 5.74) is 4.06. The van der Waals surface area contributed by atoms with Gasteiger partial charge < -0.3 is 15.3 Å². The molecule has 0 aliphatic heterocycles. The highest BCUT2D eigenvalue weighted by molar-refractivity contribution is 5.92. The zero-order chi connectivity index (χ0) is 8.43. The molecule has 0 atom stereocenters. The standard InChI is InChI=1S/C6H5NO4/c7-6(10)5-4(9)3(8)1-2-11-5/h1-2,9H,(H2,7,10). The average molecular weight is 155 g/mol. The molecule has 0 radical (unpaired) electrons. The lowest BCUT2D eigenvalue weighted by atomic mass is 10.3. The summed E-state index contributed by atoms with van der Waals surface area (Å²) in [6.45, 7) is 0. The molecule has 1 aromatic heterocycles. The summed E-state index contributed by atoms with van der Waals surface area (Å²) in [4.78, 5) is 21.0. The summed E-state index contributed by atoms with van der Waals surface area (Å²) >= 11 is 0. The van der Waals surface area contributed by atoms with Gasteiger partial charge in [0, 0.05) is 6.07 Å². The highest BCUT2D eigenvalue weighted by atomic mass is 16.4. The van der Waals surface area contributed by atoms with E-state index >= 15 is 0 Å². The number of nitrogens with two attached hydrogens (primary N) is 1. The molecule has 0 saturated carbocycles. The summed E-state index contributed by atoms with van der Waals surface area (Å²) in [7, 11) is 0. The van der Waals surface area contributed by atoms with Gasteiger partial charge in [0.05, 0.1) is 6.26 Å². The molecule has 0 bridgehead atoms. The Labute approximate surface area is 61.1 Å². The van der Waals surface area contributed by atoms with E-state index in [1.165, 1.54) is 0 Å². The summed E-state index contributed by atoms with van der Waals surface area (Å²) in [5, 5.41) is 8.86. The van der Waals surface area contributed by atoms with Crippen LogP contribution in [-0.4, -0.2) is 11.0 Å². The van der Waals surface area contributed by atoms with Gasteiger partial charge >= 0.3 is 0 Å². The largest absolute Gasteiger partial charge is 0.501 e. The Hall–Kier alpha value is -1.78. The van der Waals surface area contributed by atoms with Crippen LogP contribution in [0.3, 0.4) is 0 Å². The van der Waals surface area contributed by atoms with E-state index in [4.69, 9.17) is 10.8 Å². The predicted molar refractivity (Wildman–Crippen MR) is 35.2 cm³/mol. The molecule has 58 valence electrons. The first kappa shape index (κ1) is 7.33. The summed E-state index contributed by atoms with van der Waals surface area (Å²) < 4.78 is 4.48. The van der Waals surface area contributed by atoms with Crippen molar-refractivity contribution in [3.8, 4) is 5.75 Å². The van der Waals surface area contributed by atoms with Crippen LogP contribution in [0.4, 0.5) is 0 Å². The number of carbonyl (C=O) groups is 1. The minimum atomic E-state index is -0.972. The maximum atomic E-state index is 10.6. The van der Waals surface area contributed by atoms with Gasteiger partial charge in [-0.3, -0.25) is 9.59 Å². The second-order valence-electron chi connectivity index (χ2n) is 1.83. The van der Waals surface area contributed by atoms with Crippen LogP contribution < -0.4 is 11.2 Å². The Morgan fingerprint density at radius 2 is 2.27 bits per heavy atom. The van der Waals surface area contributed by atoms with Crippen molar-refractivity contribution < 1.29 is 14.3 Å². The third-order valence-electron chi connectivity index (χ3n) is 1.08. The fourth-order valence-corrected chi connectivity index (χ4v) is 0.585. The van der Waals surface area contributed by atoms with Crippen molar-refractivity contribution in [2.45, 2.75) is 0 Å². The molecule has 1 heterocycles. The lowest BCUT2D eigenvalue weighted by Crippen LogP contribution is -2.14. The minimum Gasteiger partial charge on any atom is -0.501 e. The van der Waals surface area contributed by atoms with Crippen LogP contribution in [0.15, 0.2) is 21.5 Å².